The fourth-order valence-corrected chi connectivity index (χ4v) is 1.17. The third-order valence-corrected chi connectivity index (χ3v) is 2.03. The zero-order valence-electron chi connectivity index (χ0n) is 8.39. The second-order valence-electron chi connectivity index (χ2n) is 3.02. The molecule has 0 radical (unpaired) electrons. The lowest BCUT2D eigenvalue weighted by atomic mass is 10.1. The van der Waals surface area contributed by atoms with E-state index < -0.39 is 5.92 Å². The monoisotopic (exact) mass is 200 g/mol. The molecule has 0 aliphatic carbocycles. The van der Waals surface area contributed by atoms with Crippen LogP contribution in [0.15, 0.2) is 24.3 Å². The van der Waals surface area contributed by atoms with Gasteiger partial charge < -0.3 is 4.74 Å². The first-order chi connectivity index (χ1) is 6.60. The van der Waals surface area contributed by atoms with Crippen molar-refractivity contribution in [2.75, 3.05) is 6.61 Å². The Labute approximate surface area is 82.7 Å². The molecule has 0 amide bonds. The first-order valence-electron chi connectivity index (χ1n) is 4.71. The summed E-state index contributed by atoms with van der Waals surface area (Å²) in [6, 6.07) is 5.97. The fourth-order valence-electron chi connectivity index (χ4n) is 1.17. The maximum atomic E-state index is 13.2. The minimum atomic E-state index is -2.73. The molecule has 0 N–H and O–H groups in total. The van der Waals surface area contributed by atoms with Crippen molar-refractivity contribution >= 4 is 0 Å². The van der Waals surface area contributed by atoms with Gasteiger partial charge in [0.05, 0.1) is 6.61 Å². The highest BCUT2D eigenvalue weighted by molar-refractivity contribution is 5.29. The molecule has 0 saturated carbocycles. The summed E-state index contributed by atoms with van der Waals surface area (Å²) in [6.45, 7) is 3.87. The van der Waals surface area contributed by atoms with Crippen LogP contribution in [0.2, 0.25) is 0 Å². The van der Waals surface area contributed by atoms with Crippen LogP contribution in [0.25, 0.3) is 0 Å². The second kappa shape index (κ2) is 4.40. The minimum Gasteiger partial charge on any atom is -0.494 e. The molecule has 0 atom stereocenters. The smallest absolute Gasteiger partial charge is 0.273 e. The first-order valence-corrected chi connectivity index (χ1v) is 4.71. The summed E-state index contributed by atoms with van der Waals surface area (Å²) in [7, 11) is 0. The Morgan fingerprint density at radius 1 is 1.14 bits per heavy atom. The number of halogens is 2. The number of alkyl halides is 2. The van der Waals surface area contributed by atoms with Gasteiger partial charge in [-0.3, -0.25) is 0 Å². The number of hydrogen-bond donors (Lipinski definition) is 0. The molecule has 1 aromatic carbocycles. The molecule has 0 aromatic heterocycles. The largest absolute Gasteiger partial charge is 0.494 e. The Balaban J connectivity index is 2.82. The van der Waals surface area contributed by atoms with Gasteiger partial charge >= 0.3 is 0 Å². The Morgan fingerprint density at radius 2 is 1.71 bits per heavy atom. The molecule has 1 rings (SSSR count). The highest BCUT2D eigenvalue weighted by Crippen LogP contribution is 2.31. The van der Waals surface area contributed by atoms with Crippen LogP contribution in [-0.2, 0) is 5.92 Å². The van der Waals surface area contributed by atoms with E-state index in [1.165, 1.54) is 19.1 Å². The van der Waals surface area contributed by atoms with E-state index in [1.54, 1.807) is 12.1 Å². The van der Waals surface area contributed by atoms with Crippen molar-refractivity contribution in [2.24, 2.45) is 0 Å². The summed E-state index contributed by atoms with van der Waals surface area (Å²) in [5, 5.41) is 0. The predicted octanol–water partition coefficient (Wildman–Crippen LogP) is 3.59. The lowest BCUT2D eigenvalue weighted by molar-refractivity contribution is -0.00831. The number of rotatable bonds is 4. The average Bonchev–Trinajstić information content (AvgIpc) is 2.19. The van der Waals surface area contributed by atoms with Gasteiger partial charge in [-0.2, -0.15) is 0 Å². The molecule has 0 spiro atoms. The van der Waals surface area contributed by atoms with E-state index in [4.69, 9.17) is 4.74 Å². The number of hydrogen-bond acceptors (Lipinski definition) is 1. The molecule has 0 fully saturated rings. The van der Waals surface area contributed by atoms with Gasteiger partial charge in [-0.1, -0.05) is 6.92 Å². The Kier molecular flexibility index (Phi) is 3.44. The molecule has 0 heterocycles. The Morgan fingerprint density at radius 3 is 2.14 bits per heavy atom. The van der Waals surface area contributed by atoms with Gasteiger partial charge in [0.2, 0.25) is 0 Å². The second-order valence-corrected chi connectivity index (χ2v) is 3.02. The summed E-state index contributed by atoms with van der Waals surface area (Å²) in [6.07, 6.45) is -0.180. The van der Waals surface area contributed by atoms with Gasteiger partial charge in [0.15, 0.2) is 0 Å². The van der Waals surface area contributed by atoms with E-state index in [0.29, 0.717) is 12.4 Å². The fraction of sp³-hybridized carbons (Fsp3) is 0.455. The Hall–Kier alpha value is -1.12. The molecule has 0 unspecified atom stereocenters. The number of benzene rings is 1. The van der Waals surface area contributed by atoms with Gasteiger partial charge in [0.25, 0.3) is 5.92 Å². The highest BCUT2D eigenvalue weighted by atomic mass is 19.3. The van der Waals surface area contributed by atoms with Crippen LogP contribution in [0.1, 0.15) is 25.8 Å². The lowest BCUT2D eigenvalue weighted by Crippen LogP contribution is -2.11. The predicted molar refractivity (Wildman–Crippen MR) is 51.8 cm³/mol. The molecule has 0 saturated heterocycles. The average molecular weight is 200 g/mol. The lowest BCUT2D eigenvalue weighted by Gasteiger charge is -2.14. The molecule has 0 bridgehead atoms. The van der Waals surface area contributed by atoms with Gasteiger partial charge in [-0.05, 0) is 31.2 Å². The third-order valence-electron chi connectivity index (χ3n) is 2.03. The maximum Gasteiger partial charge on any atom is 0.273 e. The van der Waals surface area contributed by atoms with Crippen LogP contribution in [0, 0.1) is 0 Å². The van der Waals surface area contributed by atoms with Gasteiger partial charge in [-0.25, -0.2) is 8.78 Å². The van der Waals surface area contributed by atoms with E-state index in [0.717, 1.165) is 0 Å². The summed E-state index contributed by atoms with van der Waals surface area (Å²) in [4.78, 5) is 0. The molecule has 0 aliphatic rings. The van der Waals surface area contributed by atoms with E-state index in [2.05, 4.69) is 0 Å². The summed E-state index contributed by atoms with van der Waals surface area (Å²) < 4.78 is 31.5. The van der Waals surface area contributed by atoms with Crippen molar-refractivity contribution < 1.29 is 13.5 Å². The molecule has 1 aromatic rings. The molecule has 78 valence electrons. The Bertz CT molecular complexity index is 280. The maximum absolute atomic E-state index is 13.2. The summed E-state index contributed by atoms with van der Waals surface area (Å²) in [5.74, 6) is -2.10. The molecule has 1 nitrogen and oxygen atoms in total. The quantitative estimate of drug-likeness (QED) is 0.721. The van der Waals surface area contributed by atoms with Crippen LogP contribution >= 0.6 is 0 Å². The van der Waals surface area contributed by atoms with Crippen molar-refractivity contribution in [3.05, 3.63) is 29.8 Å². The standard InChI is InChI=1S/C11H14F2O/c1-3-11(12,13)9-5-7-10(8-6-9)14-4-2/h5-8H,3-4H2,1-2H3. The van der Waals surface area contributed by atoms with E-state index in [1.807, 2.05) is 6.92 Å². The zero-order valence-corrected chi connectivity index (χ0v) is 8.39. The number of ether oxygens (including phenoxy) is 1. The summed E-state index contributed by atoms with van der Waals surface area (Å²) in [5.41, 5.74) is 0.0449. The highest BCUT2D eigenvalue weighted by Gasteiger charge is 2.28. The zero-order chi connectivity index (χ0) is 10.6. The van der Waals surface area contributed by atoms with E-state index >= 15 is 0 Å². The molecule has 0 aliphatic heterocycles. The molecular formula is C11H14F2O. The van der Waals surface area contributed by atoms with Crippen molar-refractivity contribution in [1.29, 1.82) is 0 Å². The first kappa shape index (κ1) is 11.0. The van der Waals surface area contributed by atoms with Gasteiger partial charge in [0, 0.05) is 12.0 Å². The van der Waals surface area contributed by atoms with Crippen LogP contribution in [0.4, 0.5) is 8.78 Å². The van der Waals surface area contributed by atoms with Crippen molar-refractivity contribution in [3.8, 4) is 5.75 Å². The van der Waals surface area contributed by atoms with Crippen molar-refractivity contribution in [2.45, 2.75) is 26.2 Å². The normalized spacial score (nSPS) is 11.4. The van der Waals surface area contributed by atoms with Crippen LogP contribution in [0.3, 0.4) is 0 Å². The molecule has 14 heavy (non-hydrogen) atoms. The van der Waals surface area contributed by atoms with Gasteiger partial charge in [-0.15, -0.1) is 0 Å². The molecular weight excluding hydrogens is 186 g/mol. The topological polar surface area (TPSA) is 9.23 Å². The van der Waals surface area contributed by atoms with Crippen molar-refractivity contribution in [1.82, 2.24) is 0 Å². The van der Waals surface area contributed by atoms with E-state index in [-0.39, 0.29) is 12.0 Å². The third kappa shape index (κ3) is 2.44. The van der Waals surface area contributed by atoms with Gasteiger partial charge in [0.1, 0.15) is 5.75 Å². The van der Waals surface area contributed by atoms with Crippen LogP contribution in [0.5, 0.6) is 5.75 Å². The molecule has 3 heteroatoms. The van der Waals surface area contributed by atoms with Crippen LogP contribution < -0.4 is 4.74 Å². The van der Waals surface area contributed by atoms with Crippen molar-refractivity contribution in [3.63, 3.8) is 0 Å². The SMILES string of the molecule is CCOc1ccc(C(F)(F)CC)cc1. The summed E-state index contributed by atoms with van der Waals surface area (Å²) >= 11 is 0. The van der Waals surface area contributed by atoms with E-state index in [9.17, 15) is 8.78 Å². The minimum absolute atomic E-state index is 0.0449. The van der Waals surface area contributed by atoms with Crippen LogP contribution in [-0.4, -0.2) is 6.61 Å².